The van der Waals surface area contributed by atoms with Crippen molar-refractivity contribution in [3.8, 4) is 0 Å². The van der Waals surface area contributed by atoms with Crippen molar-refractivity contribution in [1.29, 1.82) is 0 Å². The first-order valence-corrected chi connectivity index (χ1v) is 17.7. The standard InChI is InChI=1S/C26H50O3Si2/c1-21(14-15-22-16-17-27-19-22)18-23(29-31(12,13)25(5,6)7)26(8,9)20-28-30(10,11)24(2,3)4/h16-19,21H,14-15,20H2,1-13H3/t21-/m1/s1. The van der Waals surface area contributed by atoms with Crippen molar-refractivity contribution >= 4 is 16.6 Å². The summed E-state index contributed by atoms with van der Waals surface area (Å²) in [5.74, 6) is 1.53. The number of hydrogen-bond donors (Lipinski definition) is 0. The van der Waals surface area contributed by atoms with Crippen molar-refractivity contribution in [2.24, 2.45) is 11.3 Å². The summed E-state index contributed by atoms with van der Waals surface area (Å²) in [6.07, 6.45) is 8.06. The summed E-state index contributed by atoms with van der Waals surface area (Å²) >= 11 is 0. The average molecular weight is 467 g/mol. The fourth-order valence-electron chi connectivity index (χ4n) is 2.65. The fraction of sp³-hybridized carbons (Fsp3) is 0.769. The Labute approximate surface area is 195 Å². The third kappa shape index (κ3) is 8.25. The van der Waals surface area contributed by atoms with Crippen molar-refractivity contribution < 1.29 is 13.3 Å². The van der Waals surface area contributed by atoms with Gasteiger partial charge < -0.3 is 13.3 Å². The molecule has 1 aromatic heterocycles. The summed E-state index contributed by atoms with van der Waals surface area (Å²) in [6.45, 7) is 30.7. The molecule has 3 nitrogen and oxygen atoms in total. The van der Waals surface area contributed by atoms with Crippen molar-refractivity contribution in [3.05, 3.63) is 36.0 Å². The van der Waals surface area contributed by atoms with E-state index in [1.807, 2.05) is 6.26 Å². The zero-order valence-electron chi connectivity index (χ0n) is 22.7. The van der Waals surface area contributed by atoms with Crippen LogP contribution in [0.25, 0.3) is 0 Å². The Morgan fingerprint density at radius 2 is 1.52 bits per heavy atom. The number of furan rings is 1. The molecule has 0 aliphatic heterocycles. The molecular weight excluding hydrogens is 416 g/mol. The van der Waals surface area contributed by atoms with Gasteiger partial charge in [-0.3, -0.25) is 0 Å². The molecule has 1 heterocycles. The summed E-state index contributed by atoms with van der Waals surface area (Å²) in [6, 6.07) is 2.06. The molecular formula is C26H50O3Si2. The first-order valence-electron chi connectivity index (χ1n) is 11.8. The minimum Gasteiger partial charge on any atom is -0.546 e. The van der Waals surface area contributed by atoms with Crippen LogP contribution < -0.4 is 0 Å². The summed E-state index contributed by atoms with van der Waals surface area (Å²) in [4.78, 5) is 0. The van der Waals surface area contributed by atoms with Crippen molar-refractivity contribution in [2.75, 3.05) is 6.61 Å². The molecule has 31 heavy (non-hydrogen) atoms. The molecule has 0 radical (unpaired) electrons. The van der Waals surface area contributed by atoms with E-state index in [0.29, 0.717) is 12.5 Å². The van der Waals surface area contributed by atoms with E-state index in [9.17, 15) is 0 Å². The highest BCUT2D eigenvalue weighted by Gasteiger charge is 2.43. The summed E-state index contributed by atoms with van der Waals surface area (Å²) in [5.41, 5.74) is 1.09. The number of rotatable bonds is 10. The van der Waals surface area contributed by atoms with Gasteiger partial charge in [0.05, 0.1) is 18.3 Å². The largest absolute Gasteiger partial charge is 0.546 e. The second-order valence-electron chi connectivity index (χ2n) is 13.0. The lowest BCUT2D eigenvalue weighted by Crippen LogP contribution is -2.46. The molecule has 0 N–H and O–H groups in total. The maximum absolute atomic E-state index is 6.94. The molecule has 0 saturated heterocycles. The van der Waals surface area contributed by atoms with Crippen LogP contribution >= 0.6 is 0 Å². The van der Waals surface area contributed by atoms with Crippen molar-refractivity contribution in [2.45, 2.75) is 111 Å². The summed E-state index contributed by atoms with van der Waals surface area (Å²) < 4.78 is 18.8. The first kappa shape index (κ1) is 28.2. The third-order valence-corrected chi connectivity index (χ3v) is 16.2. The Hall–Kier alpha value is -0.786. The number of hydrogen-bond acceptors (Lipinski definition) is 3. The molecule has 0 fully saturated rings. The van der Waals surface area contributed by atoms with Crippen LogP contribution in [0.4, 0.5) is 0 Å². The van der Waals surface area contributed by atoms with Gasteiger partial charge in [-0.05, 0) is 72.7 Å². The predicted octanol–water partition coefficient (Wildman–Crippen LogP) is 8.80. The van der Waals surface area contributed by atoms with E-state index in [2.05, 4.69) is 101 Å². The molecule has 0 aliphatic carbocycles. The third-order valence-electron chi connectivity index (χ3n) is 7.34. The number of aryl methyl sites for hydroxylation is 1. The van der Waals surface area contributed by atoms with E-state index in [0.717, 1.165) is 18.6 Å². The lowest BCUT2D eigenvalue weighted by molar-refractivity contribution is 0.147. The Morgan fingerprint density at radius 1 is 0.968 bits per heavy atom. The molecule has 0 aliphatic rings. The topological polar surface area (TPSA) is 31.6 Å². The average Bonchev–Trinajstić information content (AvgIpc) is 3.09. The van der Waals surface area contributed by atoms with Gasteiger partial charge in [0.2, 0.25) is 8.32 Å². The Morgan fingerprint density at radius 3 is 1.97 bits per heavy atom. The van der Waals surface area contributed by atoms with Crippen LogP contribution in [-0.2, 0) is 15.3 Å². The quantitative estimate of drug-likeness (QED) is 0.255. The van der Waals surface area contributed by atoms with Gasteiger partial charge in [0.1, 0.15) is 0 Å². The molecule has 1 atom stereocenters. The van der Waals surface area contributed by atoms with Gasteiger partial charge in [0.25, 0.3) is 0 Å². The van der Waals surface area contributed by atoms with Gasteiger partial charge in [0, 0.05) is 12.0 Å². The molecule has 0 saturated carbocycles. The summed E-state index contributed by atoms with van der Waals surface area (Å²) in [5, 5.41) is 0.355. The van der Waals surface area contributed by atoms with Gasteiger partial charge in [-0.15, -0.1) is 0 Å². The molecule has 0 spiro atoms. The van der Waals surface area contributed by atoms with E-state index in [-0.39, 0.29) is 15.5 Å². The van der Waals surface area contributed by atoms with Crippen molar-refractivity contribution in [3.63, 3.8) is 0 Å². The summed E-state index contributed by atoms with van der Waals surface area (Å²) in [7, 11) is -3.79. The minimum absolute atomic E-state index is 0.155. The smallest absolute Gasteiger partial charge is 0.250 e. The highest BCUT2D eigenvalue weighted by molar-refractivity contribution is 6.74. The molecule has 0 amide bonds. The SMILES string of the molecule is C[C@@H](C=C(O[Si](C)(C)C(C)(C)C)C(C)(C)CO[Si](C)(C)C(C)(C)C)CCc1ccoc1. The first-order chi connectivity index (χ1) is 13.8. The predicted molar refractivity (Wildman–Crippen MR) is 139 cm³/mol. The molecule has 180 valence electrons. The van der Waals surface area contributed by atoms with Crippen LogP contribution in [-0.4, -0.2) is 23.2 Å². The minimum atomic E-state index is -1.96. The molecule has 0 bridgehead atoms. The van der Waals surface area contributed by atoms with Crippen LogP contribution in [0.1, 0.15) is 74.3 Å². The monoisotopic (exact) mass is 466 g/mol. The molecule has 0 unspecified atom stereocenters. The van der Waals surface area contributed by atoms with Gasteiger partial charge in [-0.25, -0.2) is 0 Å². The highest BCUT2D eigenvalue weighted by atomic mass is 28.4. The van der Waals surface area contributed by atoms with Crippen LogP contribution in [0.15, 0.2) is 34.8 Å². The van der Waals surface area contributed by atoms with E-state index in [1.54, 1.807) is 6.26 Å². The Kier molecular flexibility index (Phi) is 9.12. The van der Waals surface area contributed by atoms with Gasteiger partial charge in [-0.2, -0.15) is 0 Å². The molecule has 1 rings (SSSR count). The lowest BCUT2D eigenvalue weighted by Gasteiger charge is -2.43. The van der Waals surface area contributed by atoms with E-state index in [1.165, 1.54) is 5.56 Å². The second-order valence-corrected chi connectivity index (χ2v) is 22.5. The van der Waals surface area contributed by atoms with E-state index < -0.39 is 16.6 Å². The zero-order chi connectivity index (χ0) is 24.3. The maximum atomic E-state index is 6.94. The van der Waals surface area contributed by atoms with Crippen LogP contribution in [0, 0.1) is 11.3 Å². The normalized spacial score (nSPS) is 15.8. The van der Waals surface area contributed by atoms with Crippen molar-refractivity contribution in [1.82, 2.24) is 0 Å². The van der Waals surface area contributed by atoms with E-state index >= 15 is 0 Å². The molecule has 0 aromatic carbocycles. The number of allylic oxidation sites excluding steroid dienone is 1. The molecule has 1 aromatic rings. The van der Waals surface area contributed by atoms with Gasteiger partial charge in [0.15, 0.2) is 8.32 Å². The Bertz CT molecular complexity index is 702. The maximum Gasteiger partial charge on any atom is 0.250 e. The Balaban J connectivity index is 3.12. The van der Waals surface area contributed by atoms with Crippen LogP contribution in [0.5, 0.6) is 0 Å². The fourth-order valence-corrected chi connectivity index (χ4v) is 5.00. The van der Waals surface area contributed by atoms with Crippen LogP contribution in [0.3, 0.4) is 0 Å². The second kappa shape index (κ2) is 10.0. The zero-order valence-corrected chi connectivity index (χ0v) is 24.7. The lowest BCUT2D eigenvalue weighted by atomic mass is 9.89. The van der Waals surface area contributed by atoms with Crippen LogP contribution in [0.2, 0.25) is 36.3 Å². The van der Waals surface area contributed by atoms with Gasteiger partial charge >= 0.3 is 0 Å². The van der Waals surface area contributed by atoms with E-state index in [4.69, 9.17) is 13.3 Å². The highest BCUT2D eigenvalue weighted by Crippen LogP contribution is 2.43. The molecule has 5 heteroatoms. The van der Waals surface area contributed by atoms with Gasteiger partial charge in [-0.1, -0.05) is 62.3 Å².